The van der Waals surface area contributed by atoms with Crippen LogP contribution in [0, 0.1) is 0 Å². The van der Waals surface area contributed by atoms with Crippen LogP contribution in [0.4, 0.5) is 0 Å². The molecule has 0 aromatic heterocycles. The molecule has 5 heteroatoms. The quantitative estimate of drug-likeness (QED) is 0.440. The molecule has 2 N–H and O–H groups in total. The maximum atomic E-state index is 9.82. The third-order valence-corrected chi connectivity index (χ3v) is 1.39. The second-order valence-corrected chi connectivity index (χ2v) is 2.50. The molecule has 9 heavy (non-hydrogen) atoms. The first kappa shape index (κ1) is 12.7. The molecule has 0 aliphatic heterocycles. The number of aliphatic hydroxyl groups is 1. The van der Waals surface area contributed by atoms with Crippen molar-refractivity contribution in [1.29, 1.82) is 0 Å². The molecule has 0 aliphatic rings. The fourth-order valence-electron chi connectivity index (χ4n) is 0.229. The predicted molar refractivity (Wildman–Crippen MR) is 40.3 cm³/mol. The Morgan fingerprint density at radius 3 is 2.33 bits per heavy atom. The first-order chi connectivity index (χ1) is 3.68. The summed E-state index contributed by atoms with van der Waals surface area (Å²) < 4.78 is 0. The fourth-order valence-corrected chi connectivity index (χ4v) is 0.687. The number of thioether (sulfide) groups is 1. The molecule has 0 saturated heterocycles. The first-order valence-electron chi connectivity index (χ1n) is 2.21. The molecule has 0 aromatic rings. The average molecular weight is 178 g/mol. The van der Waals surface area contributed by atoms with Gasteiger partial charge in [0.05, 0.1) is 0 Å². The molecule has 0 amide bonds. The Balaban J connectivity index is 0. The summed E-state index contributed by atoms with van der Waals surface area (Å²) in [5.41, 5.74) is -1.25. The van der Waals surface area contributed by atoms with Gasteiger partial charge in [-0.25, -0.2) is 4.79 Å². The third-order valence-electron chi connectivity index (χ3n) is 0.536. The topological polar surface area (TPSA) is 57.5 Å². The summed E-state index contributed by atoms with van der Waals surface area (Å²) >= 11 is 0.995. The zero-order valence-corrected chi connectivity index (χ0v) is 5.31. The SMILES string of the molecule is CCSC(O)C(=O)O.[CaH2]. The monoisotopic (exact) mass is 178 g/mol. The van der Waals surface area contributed by atoms with Crippen LogP contribution in [0.2, 0.25) is 0 Å². The van der Waals surface area contributed by atoms with Gasteiger partial charge in [-0.3, -0.25) is 0 Å². The van der Waals surface area contributed by atoms with E-state index in [0.717, 1.165) is 11.8 Å². The molecule has 0 aliphatic carbocycles. The number of hydrogen-bond acceptors (Lipinski definition) is 3. The van der Waals surface area contributed by atoms with Gasteiger partial charge >= 0.3 is 43.7 Å². The van der Waals surface area contributed by atoms with Crippen molar-refractivity contribution in [3.63, 3.8) is 0 Å². The molecule has 1 atom stereocenters. The van der Waals surface area contributed by atoms with E-state index >= 15 is 0 Å². The van der Waals surface area contributed by atoms with Gasteiger partial charge in [-0.2, -0.15) is 0 Å². The summed E-state index contributed by atoms with van der Waals surface area (Å²) in [7, 11) is 0. The molecule has 3 nitrogen and oxygen atoms in total. The number of carbonyl (C=O) groups is 1. The van der Waals surface area contributed by atoms with Crippen LogP contribution in [0.1, 0.15) is 6.92 Å². The Hall–Kier alpha value is 1.04. The Morgan fingerprint density at radius 2 is 2.22 bits per heavy atom. The Labute approximate surface area is 87.8 Å². The van der Waals surface area contributed by atoms with E-state index in [0.29, 0.717) is 5.75 Å². The second kappa shape index (κ2) is 7.15. The molecule has 0 bridgehead atoms. The van der Waals surface area contributed by atoms with Gasteiger partial charge in [0, 0.05) is 0 Å². The summed E-state index contributed by atoms with van der Waals surface area (Å²) in [5, 5.41) is 16.5. The number of hydrogen-bond donors (Lipinski definition) is 2. The van der Waals surface area contributed by atoms with Gasteiger partial charge in [0.1, 0.15) is 0 Å². The van der Waals surface area contributed by atoms with Crippen LogP contribution >= 0.6 is 11.8 Å². The van der Waals surface area contributed by atoms with E-state index in [1.54, 1.807) is 6.92 Å². The van der Waals surface area contributed by atoms with Crippen molar-refractivity contribution in [1.82, 2.24) is 0 Å². The minimum absolute atomic E-state index is 0. The Bertz CT molecular complexity index is 87.9. The zero-order valence-electron chi connectivity index (χ0n) is 4.50. The Morgan fingerprint density at radius 1 is 1.78 bits per heavy atom. The first-order valence-corrected chi connectivity index (χ1v) is 3.25. The third kappa shape index (κ3) is 6.93. The van der Waals surface area contributed by atoms with Gasteiger partial charge in [0.2, 0.25) is 0 Å². The van der Waals surface area contributed by atoms with Crippen LogP contribution < -0.4 is 0 Å². The van der Waals surface area contributed by atoms with Crippen LogP contribution in [0.15, 0.2) is 0 Å². The van der Waals surface area contributed by atoms with E-state index in [2.05, 4.69) is 0 Å². The summed E-state index contributed by atoms with van der Waals surface area (Å²) in [6.07, 6.45) is 0. The summed E-state index contributed by atoms with van der Waals surface area (Å²) in [4.78, 5) is 9.82. The van der Waals surface area contributed by atoms with E-state index in [9.17, 15) is 4.79 Å². The van der Waals surface area contributed by atoms with Crippen LogP contribution in [-0.2, 0) is 4.79 Å². The molecule has 0 saturated carbocycles. The second-order valence-electron chi connectivity index (χ2n) is 1.15. The van der Waals surface area contributed by atoms with Gasteiger partial charge in [-0.05, 0) is 5.75 Å². The fraction of sp³-hybridized carbons (Fsp3) is 0.750. The van der Waals surface area contributed by atoms with Crippen LogP contribution in [0.25, 0.3) is 0 Å². The summed E-state index contributed by atoms with van der Waals surface area (Å²) in [5.74, 6) is -0.551. The number of carboxylic acids is 1. The molecule has 1 unspecified atom stereocenters. The van der Waals surface area contributed by atoms with Crippen LogP contribution in [-0.4, -0.2) is 65.1 Å². The van der Waals surface area contributed by atoms with Gasteiger partial charge < -0.3 is 10.2 Å². The van der Waals surface area contributed by atoms with Crippen molar-refractivity contribution in [2.75, 3.05) is 5.75 Å². The van der Waals surface area contributed by atoms with E-state index < -0.39 is 11.4 Å². The van der Waals surface area contributed by atoms with Crippen molar-refractivity contribution in [2.24, 2.45) is 0 Å². The summed E-state index contributed by atoms with van der Waals surface area (Å²) in [6.45, 7) is 1.79. The predicted octanol–water partition coefficient (Wildman–Crippen LogP) is -0.774. The molecule has 0 aromatic carbocycles. The summed E-state index contributed by atoms with van der Waals surface area (Å²) in [6, 6.07) is 0. The maximum absolute atomic E-state index is 9.82. The average Bonchev–Trinajstić information content (AvgIpc) is 1.67. The van der Waals surface area contributed by atoms with E-state index in [4.69, 9.17) is 10.2 Å². The van der Waals surface area contributed by atoms with E-state index in [1.807, 2.05) is 0 Å². The number of rotatable bonds is 3. The zero-order chi connectivity index (χ0) is 6.57. The molecule has 0 rings (SSSR count). The van der Waals surface area contributed by atoms with Crippen molar-refractivity contribution in [3.8, 4) is 0 Å². The van der Waals surface area contributed by atoms with Crippen molar-refractivity contribution in [3.05, 3.63) is 0 Å². The van der Waals surface area contributed by atoms with E-state index in [-0.39, 0.29) is 37.7 Å². The van der Waals surface area contributed by atoms with Crippen molar-refractivity contribution in [2.45, 2.75) is 12.4 Å². The molecule has 0 spiro atoms. The normalized spacial score (nSPS) is 11.8. The number of carboxylic acid groups (broad SMARTS) is 1. The van der Waals surface area contributed by atoms with Gasteiger partial charge in [0.15, 0.2) is 5.44 Å². The van der Waals surface area contributed by atoms with Crippen LogP contribution in [0.3, 0.4) is 0 Å². The number of aliphatic carboxylic acids is 1. The van der Waals surface area contributed by atoms with Crippen molar-refractivity contribution >= 4 is 55.5 Å². The Kier molecular flexibility index (Phi) is 10.1. The molecule has 0 radical (unpaired) electrons. The van der Waals surface area contributed by atoms with Gasteiger partial charge in [-0.15, -0.1) is 11.8 Å². The molecular formula is C4H10CaO3S. The minimum atomic E-state index is -1.25. The van der Waals surface area contributed by atoms with Crippen molar-refractivity contribution < 1.29 is 15.0 Å². The van der Waals surface area contributed by atoms with E-state index in [1.165, 1.54) is 0 Å². The number of aliphatic hydroxyl groups excluding tert-OH is 1. The molecular weight excluding hydrogens is 168 g/mol. The molecule has 0 heterocycles. The standard InChI is InChI=1S/C4H8O3S.Ca.2H/c1-2-8-4(7)3(5)6;;;/h4,7H,2H2,1H3,(H,5,6);;;. The van der Waals surface area contributed by atoms with Gasteiger partial charge in [-0.1, -0.05) is 6.92 Å². The van der Waals surface area contributed by atoms with Gasteiger partial charge in [0.25, 0.3) is 0 Å². The van der Waals surface area contributed by atoms with Crippen LogP contribution in [0.5, 0.6) is 0 Å². The molecule has 0 fully saturated rings. The molecule has 52 valence electrons.